The molecule has 0 spiro atoms. The van der Waals surface area contributed by atoms with E-state index in [4.69, 9.17) is 16.0 Å². The first-order chi connectivity index (χ1) is 12.5. The number of nitrogens with one attached hydrogen (secondary N) is 1. The summed E-state index contributed by atoms with van der Waals surface area (Å²) >= 11 is 6.07. The van der Waals surface area contributed by atoms with Gasteiger partial charge in [-0.1, -0.05) is 11.6 Å². The Balaban J connectivity index is 1.61. The smallest absolute Gasteiger partial charge is 0.289 e. The van der Waals surface area contributed by atoms with Gasteiger partial charge in [0.25, 0.3) is 5.91 Å². The van der Waals surface area contributed by atoms with Crippen LogP contribution in [0.1, 0.15) is 23.4 Å². The highest BCUT2D eigenvalue weighted by Crippen LogP contribution is 2.29. The summed E-state index contributed by atoms with van der Waals surface area (Å²) in [6, 6.07) is 8.78. The van der Waals surface area contributed by atoms with E-state index < -0.39 is 0 Å². The largest absolute Gasteiger partial charge is 0.459 e. The Morgan fingerprint density at radius 2 is 1.96 bits per heavy atom. The van der Waals surface area contributed by atoms with Crippen LogP contribution in [0.3, 0.4) is 0 Å². The minimum absolute atomic E-state index is 0.0412. The number of carbonyl (C=O) groups is 2. The Bertz CT molecular complexity index is 781. The normalized spacial score (nSPS) is 15.0. The van der Waals surface area contributed by atoms with Crippen LogP contribution in [-0.2, 0) is 4.79 Å². The predicted octanol–water partition coefficient (Wildman–Crippen LogP) is 3.49. The molecule has 0 atom stereocenters. The maximum absolute atomic E-state index is 12.7. The Morgan fingerprint density at radius 3 is 2.58 bits per heavy atom. The highest BCUT2D eigenvalue weighted by atomic mass is 35.5. The van der Waals surface area contributed by atoms with Crippen LogP contribution in [0.2, 0.25) is 5.02 Å². The fourth-order valence-electron chi connectivity index (χ4n) is 3.13. The van der Waals surface area contributed by atoms with Gasteiger partial charge in [0.2, 0.25) is 5.91 Å². The molecule has 2 aromatic rings. The van der Waals surface area contributed by atoms with Crippen molar-refractivity contribution in [2.45, 2.75) is 12.8 Å². The fourth-order valence-corrected chi connectivity index (χ4v) is 3.31. The lowest BCUT2D eigenvalue weighted by Crippen LogP contribution is -2.41. The van der Waals surface area contributed by atoms with Crippen molar-refractivity contribution in [2.75, 3.05) is 37.4 Å². The van der Waals surface area contributed by atoms with Gasteiger partial charge >= 0.3 is 0 Å². The van der Waals surface area contributed by atoms with Crippen LogP contribution in [0.5, 0.6) is 0 Å². The topological polar surface area (TPSA) is 65.8 Å². The highest BCUT2D eigenvalue weighted by Gasteiger charge is 2.29. The molecule has 0 unspecified atom stereocenters. The Morgan fingerprint density at radius 1 is 1.23 bits per heavy atom. The monoisotopic (exact) mass is 375 g/mol. The van der Waals surface area contributed by atoms with Crippen LogP contribution in [0.25, 0.3) is 0 Å². The average Bonchev–Trinajstić information content (AvgIpc) is 3.15. The number of piperidine rings is 1. The second kappa shape index (κ2) is 7.83. The standard InChI is InChI=1S/C19H22ClN3O3/c1-22(2)16-6-5-14(20)12-15(16)21-18(24)13-7-9-23(10-8-13)19(25)17-4-3-11-26-17/h3-6,11-13H,7-10H2,1-2H3,(H,21,24). The summed E-state index contributed by atoms with van der Waals surface area (Å²) in [5.41, 5.74) is 1.59. The van der Waals surface area contributed by atoms with Crippen molar-refractivity contribution in [2.24, 2.45) is 5.92 Å². The average molecular weight is 376 g/mol. The molecular weight excluding hydrogens is 354 g/mol. The van der Waals surface area contributed by atoms with Gasteiger partial charge in [-0.25, -0.2) is 0 Å². The lowest BCUT2D eigenvalue weighted by Gasteiger charge is -2.31. The first-order valence-corrected chi connectivity index (χ1v) is 8.94. The van der Waals surface area contributed by atoms with Crippen LogP contribution in [0.15, 0.2) is 41.0 Å². The lowest BCUT2D eigenvalue weighted by atomic mass is 9.95. The molecule has 3 rings (SSSR count). The number of rotatable bonds is 4. The summed E-state index contributed by atoms with van der Waals surface area (Å²) in [5.74, 6) is 0.0335. The van der Waals surface area contributed by atoms with E-state index in [1.807, 2.05) is 25.1 Å². The van der Waals surface area contributed by atoms with Gasteiger partial charge in [0.05, 0.1) is 17.6 Å². The van der Waals surface area contributed by atoms with Crippen molar-refractivity contribution in [3.05, 3.63) is 47.4 Å². The maximum atomic E-state index is 12.7. The van der Waals surface area contributed by atoms with Crippen LogP contribution >= 0.6 is 11.6 Å². The molecule has 0 aliphatic carbocycles. The third-order valence-corrected chi connectivity index (χ3v) is 4.82. The number of likely N-dealkylation sites (tertiary alicyclic amines) is 1. The summed E-state index contributed by atoms with van der Waals surface area (Å²) in [7, 11) is 3.83. The Hall–Kier alpha value is -2.47. The summed E-state index contributed by atoms with van der Waals surface area (Å²) < 4.78 is 5.16. The molecule has 1 fully saturated rings. The van der Waals surface area contributed by atoms with Gasteiger partial charge in [-0.15, -0.1) is 0 Å². The van der Waals surface area contributed by atoms with E-state index >= 15 is 0 Å². The molecule has 138 valence electrons. The first-order valence-electron chi connectivity index (χ1n) is 8.56. The number of nitrogens with zero attached hydrogens (tertiary/aromatic N) is 2. The first kappa shape index (κ1) is 18.3. The summed E-state index contributed by atoms with van der Waals surface area (Å²) in [6.45, 7) is 1.07. The molecule has 1 aliphatic rings. The number of hydrogen-bond donors (Lipinski definition) is 1. The van der Waals surface area contributed by atoms with Crippen LogP contribution in [0, 0.1) is 5.92 Å². The molecule has 1 saturated heterocycles. The van der Waals surface area contributed by atoms with E-state index in [0.29, 0.717) is 42.4 Å². The molecule has 1 aromatic heterocycles. The molecule has 1 N–H and O–H groups in total. The summed E-state index contributed by atoms with van der Waals surface area (Å²) in [4.78, 5) is 28.6. The number of hydrogen-bond acceptors (Lipinski definition) is 4. The number of benzene rings is 1. The maximum Gasteiger partial charge on any atom is 0.289 e. The van der Waals surface area contributed by atoms with Gasteiger partial charge in [-0.2, -0.15) is 0 Å². The van der Waals surface area contributed by atoms with Crippen LogP contribution < -0.4 is 10.2 Å². The Labute approximate surface area is 157 Å². The molecule has 0 radical (unpaired) electrons. The molecular formula is C19H22ClN3O3. The minimum Gasteiger partial charge on any atom is -0.459 e. The number of anilines is 2. The highest BCUT2D eigenvalue weighted by molar-refractivity contribution is 6.31. The van der Waals surface area contributed by atoms with Crippen molar-refractivity contribution in [1.82, 2.24) is 4.90 Å². The van der Waals surface area contributed by atoms with Crippen LogP contribution in [0.4, 0.5) is 11.4 Å². The quantitative estimate of drug-likeness (QED) is 0.888. The second-order valence-corrected chi connectivity index (χ2v) is 7.03. The molecule has 1 aromatic carbocycles. The molecule has 6 nitrogen and oxygen atoms in total. The zero-order chi connectivity index (χ0) is 18.7. The van der Waals surface area contributed by atoms with E-state index in [1.54, 1.807) is 29.2 Å². The van der Waals surface area contributed by atoms with E-state index in [9.17, 15) is 9.59 Å². The SMILES string of the molecule is CN(C)c1ccc(Cl)cc1NC(=O)C1CCN(C(=O)c2ccco2)CC1. The van der Waals surface area contributed by atoms with Crippen molar-refractivity contribution in [1.29, 1.82) is 0 Å². The number of furan rings is 1. The van der Waals surface area contributed by atoms with Crippen molar-refractivity contribution in [3.63, 3.8) is 0 Å². The van der Waals surface area contributed by atoms with Crippen LogP contribution in [-0.4, -0.2) is 43.9 Å². The number of amides is 2. The Kier molecular flexibility index (Phi) is 5.52. The molecule has 0 saturated carbocycles. The zero-order valence-corrected chi connectivity index (χ0v) is 15.6. The summed E-state index contributed by atoms with van der Waals surface area (Å²) in [6.07, 6.45) is 2.73. The van der Waals surface area contributed by atoms with E-state index in [2.05, 4.69) is 5.32 Å². The van der Waals surface area contributed by atoms with E-state index in [1.165, 1.54) is 6.26 Å². The number of halogens is 1. The molecule has 2 heterocycles. The predicted molar refractivity (Wildman–Crippen MR) is 102 cm³/mol. The molecule has 1 aliphatic heterocycles. The van der Waals surface area contributed by atoms with Crippen molar-refractivity contribution < 1.29 is 14.0 Å². The van der Waals surface area contributed by atoms with E-state index in [0.717, 1.165) is 5.69 Å². The fraction of sp³-hybridized carbons (Fsp3) is 0.368. The third kappa shape index (κ3) is 4.02. The third-order valence-electron chi connectivity index (χ3n) is 4.58. The molecule has 2 amide bonds. The van der Waals surface area contributed by atoms with E-state index in [-0.39, 0.29) is 17.7 Å². The van der Waals surface area contributed by atoms with Crippen molar-refractivity contribution in [3.8, 4) is 0 Å². The minimum atomic E-state index is -0.135. The molecule has 0 bridgehead atoms. The molecule has 7 heteroatoms. The summed E-state index contributed by atoms with van der Waals surface area (Å²) in [5, 5.41) is 3.56. The van der Waals surface area contributed by atoms with Gasteiger partial charge < -0.3 is 19.5 Å². The van der Waals surface area contributed by atoms with Gasteiger partial charge in [0, 0.05) is 38.1 Å². The second-order valence-electron chi connectivity index (χ2n) is 6.59. The van der Waals surface area contributed by atoms with Gasteiger partial charge in [0.15, 0.2) is 5.76 Å². The lowest BCUT2D eigenvalue weighted by molar-refractivity contribution is -0.121. The zero-order valence-electron chi connectivity index (χ0n) is 14.9. The molecule has 26 heavy (non-hydrogen) atoms. The number of carbonyl (C=O) groups excluding carboxylic acids is 2. The van der Waals surface area contributed by atoms with Gasteiger partial charge in [-0.05, 0) is 43.2 Å². The van der Waals surface area contributed by atoms with Gasteiger partial charge in [-0.3, -0.25) is 9.59 Å². The van der Waals surface area contributed by atoms with Crippen molar-refractivity contribution >= 4 is 34.8 Å². The van der Waals surface area contributed by atoms with Gasteiger partial charge in [0.1, 0.15) is 0 Å².